The number of nitrogens with zero attached hydrogens (tertiary/aromatic N) is 3. The highest BCUT2D eigenvalue weighted by atomic mass is 32.2. The largest absolute Gasteiger partial charge is 0.490 e. The smallest absolute Gasteiger partial charge is 0.316 e. The molecule has 0 spiro atoms. The van der Waals surface area contributed by atoms with Crippen molar-refractivity contribution in [1.29, 1.82) is 0 Å². The van der Waals surface area contributed by atoms with Crippen LogP contribution < -0.4 is 9.47 Å². The second kappa shape index (κ2) is 6.49. The number of benzene rings is 1. The molecule has 1 aliphatic rings. The van der Waals surface area contributed by atoms with Crippen LogP contribution in [0.25, 0.3) is 11.4 Å². The standard InChI is InChI=1S/C15H17N3O4S/c1-9(14(19)20)23-15-17-16-13(18(15)2)10-4-5-11-12(8-10)22-7-3-6-21-11/h4-5,8-9H,3,6-7H2,1-2H3,(H,19,20). The molecule has 2 heterocycles. The summed E-state index contributed by atoms with van der Waals surface area (Å²) in [6.07, 6.45) is 0.849. The van der Waals surface area contributed by atoms with Crippen LogP contribution in [-0.4, -0.2) is 44.3 Å². The molecule has 2 aromatic rings. The average molecular weight is 335 g/mol. The molecule has 3 rings (SSSR count). The van der Waals surface area contributed by atoms with E-state index in [1.165, 1.54) is 0 Å². The Morgan fingerprint density at radius 1 is 1.30 bits per heavy atom. The molecule has 1 atom stereocenters. The second-order valence-corrected chi connectivity index (χ2v) is 6.48. The highest BCUT2D eigenvalue weighted by molar-refractivity contribution is 8.00. The first-order chi connectivity index (χ1) is 11.1. The molecule has 1 aromatic heterocycles. The van der Waals surface area contributed by atoms with E-state index in [1.54, 1.807) is 11.5 Å². The molecule has 0 radical (unpaired) electrons. The lowest BCUT2D eigenvalue weighted by Gasteiger charge is -2.10. The SMILES string of the molecule is CC(Sc1nnc(-c2ccc3c(c2)OCCCO3)n1C)C(=O)O. The lowest BCUT2D eigenvalue weighted by molar-refractivity contribution is -0.136. The van der Waals surface area contributed by atoms with Crippen molar-refractivity contribution in [2.24, 2.45) is 7.05 Å². The van der Waals surface area contributed by atoms with Crippen LogP contribution in [-0.2, 0) is 11.8 Å². The Balaban J connectivity index is 1.89. The van der Waals surface area contributed by atoms with Gasteiger partial charge in [0.15, 0.2) is 22.5 Å². The zero-order valence-electron chi connectivity index (χ0n) is 12.9. The van der Waals surface area contributed by atoms with Gasteiger partial charge in [-0.15, -0.1) is 10.2 Å². The molecule has 0 aliphatic carbocycles. The number of carboxylic acids is 1. The van der Waals surface area contributed by atoms with E-state index in [2.05, 4.69) is 10.2 Å². The number of hydrogen-bond acceptors (Lipinski definition) is 6. The Morgan fingerprint density at radius 2 is 2.04 bits per heavy atom. The first kappa shape index (κ1) is 15.7. The second-order valence-electron chi connectivity index (χ2n) is 5.18. The van der Waals surface area contributed by atoms with Crippen molar-refractivity contribution in [3.05, 3.63) is 18.2 Å². The minimum absolute atomic E-state index is 0.557. The number of aromatic nitrogens is 3. The van der Waals surface area contributed by atoms with Gasteiger partial charge in [-0.05, 0) is 25.1 Å². The number of hydrogen-bond donors (Lipinski definition) is 1. The summed E-state index contributed by atoms with van der Waals surface area (Å²) in [6, 6.07) is 5.63. The third kappa shape index (κ3) is 3.26. The summed E-state index contributed by atoms with van der Waals surface area (Å²) in [4.78, 5) is 11.0. The molecule has 7 nitrogen and oxygen atoms in total. The van der Waals surface area contributed by atoms with Gasteiger partial charge in [0, 0.05) is 19.0 Å². The number of ether oxygens (including phenoxy) is 2. The van der Waals surface area contributed by atoms with E-state index in [0.717, 1.165) is 29.5 Å². The highest BCUT2D eigenvalue weighted by Crippen LogP contribution is 2.34. The van der Waals surface area contributed by atoms with Crippen molar-refractivity contribution in [2.45, 2.75) is 23.8 Å². The van der Waals surface area contributed by atoms with E-state index in [4.69, 9.17) is 14.6 Å². The van der Waals surface area contributed by atoms with E-state index in [9.17, 15) is 4.79 Å². The number of fused-ring (bicyclic) bond motifs is 1. The summed E-state index contributed by atoms with van der Waals surface area (Å²) < 4.78 is 13.1. The van der Waals surface area contributed by atoms with Gasteiger partial charge in [-0.1, -0.05) is 11.8 Å². The van der Waals surface area contributed by atoms with Crippen LogP contribution in [0.3, 0.4) is 0 Å². The average Bonchev–Trinajstić information content (AvgIpc) is 2.75. The monoisotopic (exact) mass is 335 g/mol. The Kier molecular flexibility index (Phi) is 4.42. The maximum absolute atomic E-state index is 11.0. The molecule has 0 bridgehead atoms. The zero-order chi connectivity index (χ0) is 16.4. The number of thioether (sulfide) groups is 1. The molecule has 1 aromatic carbocycles. The van der Waals surface area contributed by atoms with Crippen molar-refractivity contribution in [3.8, 4) is 22.9 Å². The van der Waals surface area contributed by atoms with E-state index in [-0.39, 0.29) is 0 Å². The molecule has 0 fully saturated rings. The summed E-state index contributed by atoms with van der Waals surface area (Å²) >= 11 is 1.16. The molecule has 0 saturated carbocycles. The van der Waals surface area contributed by atoms with Crippen LogP contribution in [0.15, 0.2) is 23.4 Å². The van der Waals surface area contributed by atoms with Crippen LogP contribution in [0.4, 0.5) is 0 Å². The first-order valence-electron chi connectivity index (χ1n) is 7.25. The number of carboxylic acid groups (broad SMARTS) is 1. The molecular formula is C15H17N3O4S. The molecule has 1 N–H and O–H groups in total. The van der Waals surface area contributed by atoms with Gasteiger partial charge in [0.1, 0.15) is 5.25 Å². The van der Waals surface area contributed by atoms with E-state index in [1.807, 2.05) is 25.2 Å². The quantitative estimate of drug-likeness (QED) is 0.857. The third-order valence-electron chi connectivity index (χ3n) is 3.47. The maximum atomic E-state index is 11.0. The molecule has 1 aliphatic heterocycles. The summed E-state index contributed by atoms with van der Waals surface area (Å²) in [6.45, 7) is 2.88. The van der Waals surface area contributed by atoms with Crippen LogP contribution in [0.2, 0.25) is 0 Å². The van der Waals surface area contributed by atoms with Crippen molar-refractivity contribution >= 4 is 17.7 Å². The minimum Gasteiger partial charge on any atom is -0.490 e. The minimum atomic E-state index is -0.880. The summed E-state index contributed by atoms with van der Waals surface area (Å²) in [5.74, 6) is 1.19. The van der Waals surface area contributed by atoms with Gasteiger partial charge in [0.05, 0.1) is 13.2 Å². The molecular weight excluding hydrogens is 318 g/mol. The Labute approximate surface area is 137 Å². The molecule has 1 unspecified atom stereocenters. The van der Waals surface area contributed by atoms with Crippen molar-refractivity contribution in [3.63, 3.8) is 0 Å². The molecule has 0 saturated heterocycles. The molecule has 0 amide bonds. The fourth-order valence-corrected chi connectivity index (χ4v) is 2.93. The summed E-state index contributed by atoms with van der Waals surface area (Å²) in [7, 11) is 1.81. The van der Waals surface area contributed by atoms with E-state index in [0.29, 0.717) is 29.9 Å². The van der Waals surface area contributed by atoms with Crippen LogP contribution in [0.1, 0.15) is 13.3 Å². The lowest BCUT2D eigenvalue weighted by Crippen LogP contribution is -2.12. The normalized spacial score (nSPS) is 15.0. The fourth-order valence-electron chi connectivity index (χ4n) is 2.18. The van der Waals surface area contributed by atoms with Gasteiger partial charge in [-0.3, -0.25) is 4.79 Å². The lowest BCUT2D eigenvalue weighted by atomic mass is 10.2. The predicted octanol–water partition coefficient (Wildman–Crippen LogP) is 2.21. The van der Waals surface area contributed by atoms with Gasteiger partial charge in [-0.25, -0.2) is 0 Å². The van der Waals surface area contributed by atoms with Gasteiger partial charge >= 0.3 is 5.97 Å². The van der Waals surface area contributed by atoms with Gasteiger partial charge < -0.3 is 19.1 Å². The summed E-state index contributed by atoms with van der Waals surface area (Å²) in [5.41, 5.74) is 0.846. The number of rotatable bonds is 4. The van der Waals surface area contributed by atoms with Crippen LogP contribution in [0.5, 0.6) is 11.5 Å². The van der Waals surface area contributed by atoms with Crippen molar-refractivity contribution in [2.75, 3.05) is 13.2 Å². The van der Waals surface area contributed by atoms with Gasteiger partial charge in [-0.2, -0.15) is 0 Å². The number of aliphatic carboxylic acids is 1. The molecule has 23 heavy (non-hydrogen) atoms. The Hall–Kier alpha value is -2.22. The van der Waals surface area contributed by atoms with Gasteiger partial charge in [0.2, 0.25) is 0 Å². The van der Waals surface area contributed by atoms with Crippen LogP contribution in [0, 0.1) is 0 Å². The Bertz CT molecular complexity index is 732. The number of carbonyl (C=O) groups is 1. The first-order valence-corrected chi connectivity index (χ1v) is 8.13. The van der Waals surface area contributed by atoms with E-state index < -0.39 is 11.2 Å². The topological polar surface area (TPSA) is 86.5 Å². The van der Waals surface area contributed by atoms with Crippen LogP contribution >= 0.6 is 11.8 Å². The summed E-state index contributed by atoms with van der Waals surface area (Å²) in [5, 5.41) is 17.2. The van der Waals surface area contributed by atoms with Crippen molar-refractivity contribution < 1.29 is 19.4 Å². The zero-order valence-corrected chi connectivity index (χ0v) is 13.7. The van der Waals surface area contributed by atoms with E-state index >= 15 is 0 Å². The molecule has 122 valence electrons. The van der Waals surface area contributed by atoms with Gasteiger partial charge in [0.25, 0.3) is 0 Å². The molecule has 8 heteroatoms. The van der Waals surface area contributed by atoms with Crippen molar-refractivity contribution in [1.82, 2.24) is 14.8 Å². The predicted molar refractivity (Wildman–Crippen MR) is 85.0 cm³/mol. The Morgan fingerprint density at radius 3 is 2.78 bits per heavy atom. The third-order valence-corrected chi connectivity index (χ3v) is 4.59. The fraction of sp³-hybridized carbons (Fsp3) is 0.400. The maximum Gasteiger partial charge on any atom is 0.316 e. The highest BCUT2D eigenvalue weighted by Gasteiger charge is 2.19.